The van der Waals surface area contributed by atoms with Gasteiger partial charge in [-0.1, -0.05) is 65.5 Å². The summed E-state index contributed by atoms with van der Waals surface area (Å²) in [7, 11) is 0. The van der Waals surface area contributed by atoms with Crippen molar-refractivity contribution in [2.24, 2.45) is 46.3 Å². The second-order valence-corrected chi connectivity index (χ2v) is 26.4. The molecule has 4 aliphatic rings. The van der Waals surface area contributed by atoms with Gasteiger partial charge in [-0.15, -0.1) is 0 Å². The van der Waals surface area contributed by atoms with Crippen LogP contribution in [0.15, 0.2) is 11.6 Å². The van der Waals surface area contributed by atoms with Gasteiger partial charge in [-0.05, 0) is 91.3 Å². The highest BCUT2D eigenvalue weighted by atomic mass is 16.6. The number of carboxylic acids is 1. The zero-order chi connectivity index (χ0) is 70.1. The lowest BCUT2D eigenvalue weighted by molar-refractivity contribution is -0.138. The summed E-state index contributed by atoms with van der Waals surface area (Å²) >= 11 is 0. The standard InChI is InChI=1S/C72H132N2O24/c1-60(2)7-6-8-61(3)65-11-12-66-64-10-9-62-59-63(15-17-71(62,4)67(64)16-18-72(65,66)5)98-70(78)74-20-22-80-24-26-82-28-30-84-32-34-86-36-38-88-40-42-90-44-46-92-48-50-94-52-54-96-56-58-97-57-55-95-53-51-93-49-47-91-45-43-89-41-39-87-37-35-85-33-31-83-29-27-81-25-23-79-21-19-73-68(75)13-14-69(76)77/h9,60-61,63-67H,6-8,10-59H2,1-5H3,(H,73,75)(H,74,78)(H,76,77)/t61-,63?,64+,65-,66+,67+,71+,72-/m1/s1. The van der Waals surface area contributed by atoms with Crippen LogP contribution < -0.4 is 10.6 Å². The van der Waals surface area contributed by atoms with E-state index in [9.17, 15) is 14.4 Å². The van der Waals surface area contributed by atoms with Gasteiger partial charge in [0.2, 0.25) is 5.91 Å². The third-order valence-corrected chi connectivity index (χ3v) is 18.9. The molecule has 0 bridgehead atoms. The normalized spacial score (nSPS) is 21.6. The third-order valence-electron chi connectivity index (χ3n) is 18.9. The van der Waals surface area contributed by atoms with Crippen molar-refractivity contribution in [1.29, 1.82) is 0 Å². The molecule has 3 N–H and O–H groups in total. The predicted molar refractivity (Wildman–Crippen MR) is 367 cm³/mol. The summed E-state index contributed by atoms with van der Waals surface area (Å²) in [4.78, 5) is 34.6. The summed E-state index contributed by atoms with van der Waals surface area (Å²) in [6.07, 6.45) is 15.7. The Morgan fingerprint density at radius 1 is 0.429 bits per heavy atom. The highest BCUT2D eigenvalue weighted by molar-refractivity contribution is 5.80. The maximum absolute atomic E-state index is 12.8. The van der Waals surface area contributed by atoms with Crippen LogP contribution in [0.25, 0.3) is 0 Å². The first-order valence-corrected chi connectivity index (χ1v) is 37.0. The Hall–Kier alpha value is -2.81. The predicted octanol–water partition coefficient (Wildman–Crippen LogP) is 7.42. The van der Waals surface area contributed by atoms with Gasteiger partial charge < -0.3 is 110 Å². The van der Waals surface area contributed by atoms with E-state index in [4.69, 9.17) is 99.8 Å². The van der Waals surface area contributed by atoms with Crippen LogP contribution in [0.1, 0.15) is 118 Å². The van der Waals surface area contributed by atoms with Gasteiger partial charge in [0.15, 0.2) is 0 Å². The minimum atomic E-state index is -1.00. The van der Waals surface area contributed by atoms with E-state index in [1.165, 1.54) is 51.4 Å². The maximum Gasteiger partial charge on any atom is 0.407 e. The minimum Gasteiger partial charge on any atom is -0.481 e. The average Bonchev–Trinajstić information content (AvgIpc) is 1.38. The highest BCUT2D eigenvalue weighted by Crippen LogP contribution is 2.67. The number of carbonyl (C=O) groups is 3. The molecule has 8 atom stereocenters. The van der Waals surface area contributed by atoms with E-state index in [1.807, 2.05) is 0 Å². The Balaban J connectivity index is 0.744. The van der Waals surface area contributed by atoms with Gasteiger partial charge in [-0.3, -0.25) is 9.59 Å². The molecule has 1 unspecified atom stereocenters. The molecule has 0 saturated heterocycles. The van der Waals surface area contributed by atoms with Gasteiger partial charge in [0.25, 0.3) is 0 Å². The van der Waals surface area contributed by atoms with Gasteiger partial charge in [-0.25, -0.2) is 4.79 Å². The summed E-state index contributed by atoms with van der Waals surface area (Å²) in [5.41, 5.74) is 2.28. The molecule has 26 nitrogen and oxygen atoms in total. The van der Waals surface area contributed by atoms with Crippen LogP contribution >= 0.6 is 0 Å². The molecule has 2 amide bonds. The maximum atomic E-state index is 12.8. The van der Waals surface area contributed by atoms with Crippen LogP contribution in [-0.4, -0.2) is 293 Å². The molecular weight excluding hydrogens is 1280 g/mol. The quantitative estimate of drug-likeness (QED) is 0.0394. The van der Waals surface area contributed by atoms with E-state index < -0.39 is 5.97 Å². The molecule has 3 fully saturated rings. The molecule has 0 aromatic carbocycles. The van der Waals surface area contributed by atoms with E-state index in [1.54, 1.807) is 5.57 Å². The Morgan fingerprint density at radius 2 is 0.776 bits per heavy atom. The SMILES string of the molecule is CC(C)CCC[C@@H](C)[C@H]1CC[C@H]2[C@@H]3CC=C4CC(OC(=O)NCCOCCOCCOCCOCCOCCOCCOCCOCCOCCOCCOCCOCCOCCOCCOCCOCCOCCOCCOCCNC(=O)CCC(=O)O)CC[C@]4(C)[C@H]3CC[C@]12C. The smallest absolute Gasteiger partial charge is 0.407 e. The van der Waals surface area contributed by atoms with Crippen molar-refractivity contribution >= 4 is 18.0 Å². The van der Waals surface area contributed by atoms with Crippen molar-refractivity contribution in [3.05, 3.63) is 11.6 Å². The second-order valence-electron chi connectivity index (χ2n) is 26.4. The van der Waals surface area contributed by atoms with Crippen molar-refractivity contribution in [2.45, 2.75) is 124 Å². The van der Waals surface area contributed by atoms with Crippen molar-refractivity contribution in [3.63, 3.8) is 0 Å². The lowest BCUT2D eigenvalue weighted by Gasteiger charge is -2.58. The van der Waals surface area contributed by atoms with Crippen LogP contribution in [0.3, 0.4) is 0 Å². The van der Waals surface area contributed by atoms with Gasteiger partial charge in [0.1, 0.15) is 6.10 Å². The van der Waals surface area contributed by atoms with E-state index >= 15 is 0 Å². The van der Waals surface area contributed by atoms with E-state index in [2.05, 4.69) is 51.3 Å². The van der Waals surface area contributed by atoms with Crippen LogP contribution in [-0.2, 0) is 104 Å². The first kappa shape index (κ1) is 87.6. The molecule has 4 rings (SSSR count). The number of alkyl carbamates (subject to hydrolysis) is 1. The molecule has 0 aliphatic heterocycles. The second kappa shape index (κ2) is 58.6. The molecule has 0 radical (unpaired) electrons. The molecule has 4 aliphatic carbocycles. The highest BCUT2D eigenvalue weighted by Gasteiger charge is 2.59. The van der Waals surface area contributed by atoms with Crippen LogP contribution in [0.2, 0.25) is 0 Å². The zero-order valence-corrected chi connectivity index (χ0v) is 60.9. The van der Waals surface area contributed by atoms with Crippen molar-refractivity contribution in [3.8, 4) is 0 Å². The number of allylic oxidation sites excluding steroid dienone is 1. The number of hydrogen-bond acceptors (Lipinski definition) is 23. The van der Waals surface area contributed by atoms with Gasteiger partial charge in [0.05, 0.1) is 257 Å². The molecule has 0 spiro atoms. The number of ether oxygens (including phenoxy) is 20. The average molecular weight is 1410 g/mol. The first-order valence-electron chi connectivity index (χ1n) is 37.0. The molecule has 98 heavy (non-hydrogen) atoms. The van der Waals surface area contributed by atoms with Crippen molar-refractivity contribution in [2.75, 3.05) is 264 Å². The fraction of sp³-hybridized carbons (Fsp3) is 0.931. The third kappa shape index (κ3) is 41.5. The topological polar surface area (TPSA) is 280 Å². The largest absolute Gasteiger partial charge is 0.481 e. The Labute approximate surface area is 587 Å². The molecular formula is C72H132N2O24. The summed E-state index contributed by atoms with van der Waals surface area (Å²) in [5.74, 6) is 3.61. The molecule has 26 heteroatoms. The Kier molecular flexibility index (Phi) is 52.3. The van der Waals surface area contributed by atoms with E-state index in [-0.39, 0.29) is 36.4 Å². The number of amides is 2. The first-order chi connectivity index (χ1) is 47.9. The van der Waals surface area contributed by atoms with Crippen molar-refractivity contribution < 1.29 is 114 Å². The number of carbonyl (C=O) groups excluding carboxylic acids is 2. The molecule has 3 saturated carbocycles. The summed E-state index contributed by atoms with van der Waals surface area (Å²) in [6.45, 7) is 30.7. The van der Waals surface area contributed by atoms with E-state index in [0.29, 0.717) is 270 Å². The number of rotatable bonds is 69. The summed E-state index contributed by atoms with van der Waals surface area (Å²) < 4.78 is 111. The number of carboxylic acid groups (broad SMARTS) is 1. The number of nitrogens with one attached hydrogen (secondary N) is 2. The number of hydrogen-bond donors (Lipinski definition) is 3. The minimum absolute atomic E-state index is 0.0422. The van der Waals surface area contributed by atoms with Gasteiger partial charge in [0, 0.05) is 25.9 Å². The molecule has 0 aromatic heterocycles. The van der Waals surface area contributed by atoms with Gasteiger partial charge in [-0.2, -0.15) is 0 Å². The van der Waals surface area contributed by atoms with Crippen LogP contribution in [0.4, 0.5) is 4.79 Å². The lowest BCUT2D eigenvalue weighted by atomic mass is 9.47. The molecule has 0 aromatic rings. The lowest BCUT2D eigenvalue weighted by Crippen LogP contribution is -2.51. The molecule has 0 heterocycles. The summed E-state index contributed by atoms with van der Waals surface area (Å²) in [6, 6.07) is 0. The Morgan fingerprint density at radius 3 is 1.12 bits per heavy atom. The fourth-order valence-electron chi connectivity index (χ4n) is 13.8. The van der Waals surface area contributed by atoms with Gasteiger partial charge >= 0.3 is 12.1 Å². The van der Waals surface area contributed by atoms with Crippen LogP contribution in [0.5, 0.6) is 0 Å². The fourth-order valence-corrected chi connectivity index (χ4v) is 13.8. The molecule has 574 valence electrons. The summed E-state index contributed by atoms with van der Waals surface area (Å²) in [5, 5.41) is 14.0. The van der Waals surface area contributed by atoms with Crippen LogP contribution in [0, 0.1) is 46.3 Å². The van der Waals surface area contributed by atoms with E-state index in [0.717, 1.165) is 54.8 Å². The van der Waals surface area contributed by atoms with Crippen molar-refractivity contribution in [1.82, 2.24) is 10.6 Å². The number of fused-ring (bicyclic) bond motifs is 5. The monoisotopic (exact) mass is 1410 g/mol. The number of aliphatic carboxylic acids is 1. The zero-order valence-electron chi connectivity index (χ0n) is 60.9. The Bertz CT molecular complexity index is 1970.